The highest BCUT2D eigenvalue weighted by molar-refractivity contribution is 7.92. The molecule has 134 valence electrons. The zero-order valence-electron chi connectivity index (χ0n) is 14.3. The van der Waals surface area contributed by atoms with Crippen molar-refractivity contribution in [1.29, 1.82) is 0 Å². The summed E-state index contributed by atoms with van der Waals surface area (Å²) < 4.78 is 31.0. The summed E-state index contributed by atoms with van der Waals surface area (Å²) >= 11 is 0. The number of nitrogens with one attached hydrogen (secondary N) is 2. The number of carbonyl (C=O) groups is 1. The second-order valence-corrected chi connectivity index (χ2v) is 7.36. The third kappa shape index (κ3) is 6.11. The summed E-state index contributed by atoms with van der Waals surface area (Å²) in [5.41, 5.74) is 0.581. The smallest absolute Gasteiger partial charge is 0.255 e. The Morgan fingerprint density at radius 1 is 1.12 bits per heavy atom. The van der Waals surface area contributed by atoms with Crippen molar-refractivity contribution in [3.8, 4) is 11.5 Å². The average Bonchev–Trinajstić information content (AvgIpc) is 2.56. The predicted octanol–water partition coefficient (Wildman–Crippen LogP) is 3.38. The van der Waals surface area contributed by atoms with E-state index in [1.165, 1.54) is 6.07 Å². The maximum Gasteiger partial charge on any atom is 0.255 e. The lowest BCUT2D eigenvalue weighted by molar-refractivity contribution is 0.0951. The highest BCUT2D eigenvalue weighted by Gasteiger charge is 2.15. The fourth-order valence-corrected chi connectivity index (χ4v) is 2.72. The summed E-state index contributed by atoms with van der Waals surface area (Å²) in [4.78, 5) is 12.5. The van der Waals surface area contributed by atoms with E-state index in [4.69, 9.17) is 4.74 Å². The van der Waals surface area contributed by atoms with Gasteiger partial charge in [0, 0.05) is 12.2 Å². The Kier molecular flexibility index (Phi) is 6.41. The minimum Gasteiger partial charge on any atom is -0.457 e. The maximum absolute atomic E-state index is 12.5. The van der Waals surface area contributed by atoms with E-state index in [0.717, 1.165) is 19.1 Å². The fourth-order valence-electron chi connectivity index (χ4n) is 2.16. The number of carbonyl (C=O) groups excluding carboxylic acids is 1. The number of ether oxygens (including phenoxy) is 1. The molecule has 0 heterocycles. The number of unbranched alkanes of at least 4 members (excludes halogenated alkanes) is 1. The van der Waals surface area contributed by atoms with Gasteiger partial charge in [-0.05, 0) is 36.8 Å². The lowest BCUT2D eigenvalue weighted by Gasteiger charge is -2.13. The maximum atomic E-state index is 12.5. The summed E-state index contributed by atoms with van der Waals surface area (Å²) in [7, 11) is -3.43. The van der Waals surface area contributed by atoms with Gasteiger partial charge in [-0.2, -0.15) is 0 Å². The van der Waals surface area contributed by atoms with Crippen LogP contribution in [0.4, 0.5) is 5.69 Å². The zero-order chi connectivity index (χ0) is 18.3. The van der Waals surface area contributed by atoms with Gasteiger partial charge in [0.05, 0.1) is 11.8 Å². The monoisotopic (exact) mass is 362 g/mol. The van der Waals surface area contributed by atoms with Crippen LogP contribution in [0.15, 0.2) is 48.5 Å². The van der Waals surface area contributed by atoms with Gasteiger partial charge in [-0.25, -0.2) is 8.42 Å². The van der Waals surface area contributed by atoms with E-state index >= 15 is 0 Å². The van der Waals surface area contributed by atoms with E-state index in [-0.39, 0.29) is 11.5 Å². The number of hydrogen-bond donors (Lipinski definition) is 2. The summed E-state index contributed by atoms with van der Waals surface area (Å²) in [6.07, 6.45) is 2.88. The Morgan fingerprint density at radius 2 is 1.84 bits per heavy atom. The van der Waals surface area contributed by atoms with E-state index in [2.05, 4.69) is 10.0 Å². The predicted molar refractivity (Wildman–Crippen MR) is 98.7 cm³/mol. The van der Waals surface area contributed by atoms with Crippen LogP contribution in [0.2, 0.25) is 0 Å². The van der Waals surface area contributed by atoms with Crippen LogP contribution in [0.3, 0.4) is 0 Å². The largest absolute Gasteiger partial charge is 0.457 e. The molecule has 1 amide bonds. The Hall–Kier alpha value is -2.54. The molecule has 6 nitrogen and oxygen atoms in total. The van der Waals surface area contributed by atoms with Crippen molar-refractivity contribution in [1.82, 2.24) is 5.32 Å². The first-order valence-corrected chi connectivity index (χ1v) is 9.91. The first kappa shape index (κ1) is 18.8. The number of para-hydroxylation sites is 1. The molecular weight excluding hydrogens is 340 g/mol. The van der Waals surface area contributed by atoms with Crippen LogP contribution in [0.25, 0.3) is 0 Å². The SMILES string of the molecule is CCCCNC(=O)c1cc(NS(C)(=O)=O)ccc1Oc1ccccc1. The number of hydrogen-bond acceptors (Lipinski definition) is 4. The molecule has 2 aromatic rings. The first-order chi connectivity index (χ1) is 11.9. The minimum absolute atomic E-state index is 0.272. The lowest BCUT2D eigenvalue weighted by Crippen LogP contribution is -2.25. The summed E-state index contributed by atoms with van der Waals surface area (Å²) in [5.74, 6) is 0.643. The van der Waals surface area contributed by atoms with Gasteiger partial charge in [0.25, 0.3) is 5.91 Å². The van der Waals surface area contributed by atoms with Crippen LogP contribution < -0.4 is 14.8 Å². The molecular formula is C18H22N2O4S. The van der Waals surface area contributed by atoms with E-state index in [1.807, 2.05) is 25.1 Å². The van der Waals surface area contributed by atoms with E-state index in [0.29, 0.717) is 23.7 Å². The molecule has 0 spiro atoms. The summed E-state index contributed by atoms with van der Waals surface area (Å²) in [6.45, 7) is 2.58. The molecule has 0 aliphatic rings. The van der Waals surface area contributed by atoms with Crippen LogP contribution in [-0.2, 0) is 10.0 Å². The summed E-state index contributed by atoms with van der Waals surface area (Å²) in [6, 6.07) is 13.7. The third-order valence-corrected chi connectivity index (χ3v) is 3.92. The van der Waals surface area contributed by atoms with Gasteiger partial charge in [-0.3, -0.25) is 9.52 Å². The highest BCUT2D eigenvalue weighted by Crippen LogP contribution is 2.28. The van der Waals surface area contributed by atoms with Gasteiger partial charge in [0.15, 0.2) is 0 Å². The van der Waals surface area contributed by atoms with Crippen LogP contribution in [0.1, 0.15) is 30.1 Å². The number of rotatable bonds is 8. The molecule has 0 aromatic heterocycles. The molecule has 25 heavy (non-hydrogen) atoms. The van der Waals surface area contributed by atoms with Gasteiger partial charge in [0.2, 0.25) is 10.0 Å². The van der Waals surface area contributed by atoms with Gasteiger partial charge < -0.3 is 10.1 Å². The number of benzene rings is 2. The van der Waals surface area contributed by atoms with E-state index < -0.39 is 10.0 Å². The van der Waals surface area contributed by atoms with Crippen LogP contribution in [-0.4, -0.2) is 27.1 Å². The van der Waals surface area contributed by atoms with Crippen molar-refractivity contribution in [3.05, 3.63) is 54.1 Å². The molecule has 0 unspecified atom stereocenters. The Balaban J connectivity index is 2.31. The van der Waals surface area contributed by atoms with Crippen LogP contribution in [0.5, 0.6) is 11.5 Å². The first-order valence-electron chi connectivity index (χ1n) is 8.02. The van der Waals surface area contributed by atoms with Gasteiger partial charge in [-0.15, -0.1) is 0 Å². The summed E-state index contributed by atoms with van der Waals surface area (Å²) in [5, 5.41) is 2.82. The Labute approximate surface area is 148 Å². The molecule has 0 saturated heterocycles. The van der Waals surface area contributed by atoms with Crippen LogP contribution >= 0.6 is 0 Å². The van der Waals surface area contributed by atoms with E-state index in [1.54, 1.807) is 24.3 Å². The normalized spacial score (nSPS) is 11.0. The molecule has 0 saturated carbocycles. The molecule has 2 aromatic carbocycles. The van der Waals surface area contributed by atoms with Crippen molar-refractivity contribution in [2.45, 2.75) is 19.8 Å². The Bertz CT molecular complexity index is 820. The number of amides is 1. The topological polar surface area (TPSA) is 84.5 Å². The van der Waals surface area contributed by atoms with Crippen molar-refractivity contribution < 1.29 is 17.9 Å². The third-order valence-electron chi connectivity index (χ3n) is 3.31. The quantitative estimate of drug-likeness (QED) is 0.705. The second-order valence-electron chi connectivity index (χ2n) is 5.61. The van der Waals surface area contributed by atoms with Crippen LogP contribution in [0, 0.1) is 0 Å². The fraction of sp³-hybridized carbons (Fsp3) is 0.278. The molecule has 0 bridgehead atoms. The molecule has 7 heteroatoms. The van der Waals surface area contributed by atoms with Crippen molar-refractivity contribution in [3.63, 3.8) is 0 Å². The van der Waals surface area contributed by atoms with Crippen molar-refractivity contribution in [2.75, 3.05) is 17.5 Å². The minimum atomic E-state index is -3.43. The number of sulfonamides is 1. The van der Waals surface area contributed by atoms with Gasteiger partial charge in [0.1, 0.15) is 11.5 Å². The standard InChI is InChI=1S/C18H22N2O4S/c1-3-4-12-19-18(21)16-13-14(20-25(2,22)23)10-11-17(16)24-15-8-6-5-7-9-15/h5-11,13,20H,3-4,12H2,1-2H3,(H,19,21). The number of anilines is 1. The average molecular weight is 362 g/mol. The lowest BCUT2D eigenvalue weighted by atomic mass is 10.1. The Morgan fingerprint density at radius 3 is 2.48 bits per heavy atom. The zero-order valence-corrected chi connectivity index (χ0v) is 15.1. The highest BCUT2D eigenvalue weighted by atomic mass is 32.2. The van der Waals surface area contributed by atoms with Crippen molar-refractivity contribution in [2.24, 2.45) is 0 Å². The molecule has 0 aliphatic heterocycles. The second kappa shape index (κ2) is 8.53. The van der Waals surface area contributed by atoms with Gasteiger partial charge in [-0.1, -0.05) is 31.5 Å². The van der Waals surface area contributed by atoms with Gasteiger partial charge >= 0.3 is 0 Å². The molecule has 0 atom stereocenters. The van der Waals surface area contributed by atoms with Crippen molar-refractivity contribution >= 4 is 21.6 Å². The van der Waals surface area contributed by atoms with E-state index in [9.17, 15) is 13.2 Å². The molecule has 2 N–H and O–H groups in total. The molecule has 0 aliphatic carbocycles. The molecule has 0 radical (unpaired) electrons. The molecule has 2 rings (SSSR count). The molecule has 0 fully saturated rings.